The first kappa shape index (κ1) is 26.5. The molecular formula is C23H30ClN3O5S. The molecule has 0 fully saturated rings. The number of benzene rings is 2. The zero-order valence-corrected chi connectivity index (χ0v) is 21.0. The molecule has 1 atom stereocenters. The van der Waals surface area contributed by atoms with Crippen LogP contribution in [0, 0.1) is 6.92 Å². The van der Waals surface area contributed by atoms with E-state index in [4.69, 9.17) is 16.3 Å². The van der Waals surface area contributed by atoms with Gasteiger partial charge in [0.05, 0.1) is 19.1 Å². The Morgan fingerprint density at radius 3 is 2.30 bits per heavy atom. The van der Waals surface area contributed by atoms with Crippen LogP contribution < -0.4 is 14.4 Å². The minimum Gasteiger partial charge on any atom is -0.497 e. The van der Waals surface area contributed by atoms with Gasteiger partial charge in [-0.25, -0.2) is 8.42 Å². The molecule has 0 aliphatic carbocycles. The molecule has 0 heterocycles. The maximum atomic E-state index is 13.4. The maximum Gasteiger partial charge on any atom is 0.244 e. The summed E-state index contributed by atoms with van der Waals surface area (Å²) < 4.78 is 31.2. The number of methoxy groups -OCH3 is 1. The van der Waals surface area contributed by atoms with Crippen LogP contribution in [0.3, 0.4) is 0 Å². The largest absolute Gasteiger partial charge is 0.497 e. The molecule has 0 bridgehead atoms. The Hall–Kier alpha value is -2.78. The van der Waals surface area contributed by atoms with Gasteiger partial charge in [0.2, 0.25) is 21.8 Å². The number of aryl methyl sites for hydroxylation is 1. The number of nitrogens with one attached hydrogen (secondary N) is 1. The van der Waals surface area contributed by atoms with Gasteiger partial charge in [-0.15, -0.1) is 0 Å². The summed E-state index contributed by atoms with van der Waals surface area (Å²) in [5.41, 5.74) is 1.83. The highest BCUT2D eigenvalue weighted by atomic mass is 35.5. The molecule has 0 radical (unpaired) electrons. The van der Waals surface area contributed by atoms with Crippen LogP contribution in [0.25, 0.3) is 0 Å². The van der Waals surface area contributed by atoms with Gasteiger partial charge in [0.1, 0.15) is 18.3 Å². The van der Waals surface area contributed by atoms with Crippen molar-refractivity contribution in [1.82, 2.24) is 10.2 Å². The quantitative estimate of drug-likeness (QED) is 0.546. The molecule has 0 aromatic heterocycles. The minimum atomic E-state index is -3.80. The summed E-state index contributed by atoms with van der Waals surface area (Å²) in [7, 11) is -2.25. The Balaban J connectivity index is 2.39. The third-order valence-corrected chi connectivity index (χ3v) is 6.70. The van der Waals surface area contributed by atoms with Crippen molar-refractivity contribution in [2.45, 2.75) is 33.4 Å². The lowest BCUT2D eigenvalue weighted by Crippen LogP contribution is -2.51. The van der Waals surface area contributed by atoms with Crippen molar-refractivity contribution in [2.24, 2.45) is 0 Å². The summed E-state index contributed by atoms with van der Waals surface area (Å²) in [5, 5.41) is 3.10. The summed E-state index contributed by atoms with van der Waals surface area (Å²) in [6.07, 6.45) is 1.02. The average Bonchev–Trinajstić information content (AvgIpc) is 2.77. The molecule has 33 heavy (non-hydrogen) atoms. The summed E-state index contributed by atoms with van der Waals surface area (Å²) in [4.78, 5) is 27.3. The fourth-order valence-corrected chi connectivity index (χ4v) is 4.20. The predicted molar refractivity (Wildman–Crippen MR) is 130 cm³/mol. The Morgan fingerprint density at radius 1 is 1.15 bits per heavy atom. The summed E-state index contributed by atoms with van der Waals surface area (Å²) in [5.74, 6) is -0.191. The van der Waals surface area contributed by atoms with E-state index in [1.807, 2.05) is 0 Å². The van der Waals surface area contributed by atoms with Crippen molar-refractivity contribution < 1.29 is 22.7 Å². The lowest BCUT2D eigenvalue weighted by molar-refractivity contribution is -0.139. The van der Waals surface area contributed by atoms with E-state index in [1.54, 1.807) is 64.3 Å². The van der Waals surface area contributed by atoms with Gasteiger partial charge in [-0.3, -0.25) is 13.9 Å². The molecule has 2 rings (SSSR count). The third-order valence-electron chi connectivity index (χ3n) is 5.15. The lowest BCUT2D eigenvalue weighted by atomic mass is 10.1. The van der Waals surface area contributed by atoms with Gasteiger partial charge in [0, 0.05) is 18.1 Å². The second-order valence-electron chi connectivity index (χ2n) is 7.64. The molecule has 180 valence electrons. The van der Waals surface area contributed by atoms with Crippen LogP contribution in [-0.2, 0) is 26.2 Å². The molecule has 1 N–H and O–H groups in total. The summed E-state index contributed by atoms with van der Waals surface area (Å²) in [6.45, 7) is 5.25. The van der Waals surface area contributed by atoms with Crippen LogP contribution in [0.1, 0.15) is 25.0 Å². The van der Waals surface area contributed by atoms with Crippen molar-refractivity contribution in [1.29, 1.82) is 0 Å². The Kier molecular flexibility index (Phi) is 9.13. The average molecular weight is 496 g/mol. The monoisotopic (exact) mass is 495 g/mol. The number of amides is 2. The first-order valence-corrected chi connectivity index (χ1v) is 12.6. The van der Waals surface area contributed by atoms with Gasteiger partial charge in [-0.1, -0.05) is 29.8 Å². The topological polar surface area (TPSA) is 96.0 Å². The van der Waals surface area contributed by atoms with E-state index in [1.165, 1.54) is 11.0 Å². The number of nitrogens with zero attached hydrogens (tertiary/aromatic N) is 2. The van der Waals surface area contributed by atoms with E-state index in [2.05, 4.69) is 5.32 Å². The first-order valence-electron chi connectivity index (χ1n) is 10.4. The van der Waals surface area contributed by atoms with Crippen LogP contribution in [0.5, 0.6) is 5.75 Å². The fraction of sp³-hybridized carbons (Fsp3) is 0.391. The number of sulfonamides is 1. The zero-order chi connectivity index (χ0) is 24.8. The number of hydrogen-bond donors (Lipinski definition) is 1. The van der Waals surface area contributed by atoms with E-state index in [-0.39, 0.29) is 18.1 Å². The van der Waals surface area contributed by atoms with Crippen LogP contribution in [0.2, 0.25) is 5.02 Å². The molecule has 0 spiro atoms. The number of rotatable bonds is 10. The molecule has 2 aromatic carbocycles. The third kappa shape index (κ3) is 7.10. The first-order chi connectivity index (χ1) is 15.5. The van der Waals surface area contributed by atoms with Crippen molar-refractivity contribution in [3.05, 3.63) is 58.6 Å². The SMILES string of the molecule is CCNC(=O)C(C)N(Cc1ccc(OC)cc1)C(=O)CN(c1ccc(C)c(Cl)c1)S(C)(=O)=O. The number of carbonyl (C=O) groups is 2. The van der Waals surface area contributed by atoms with Gasteiger partial charge in [-0.2, -0.15) is 0 Å². The number of ether oxygens (including phenoxy) is 1. The van der Waals surface area contributed by atoms with Crippen molar-refractivity contribution in [3.63, 3.8) is 0 Å². The predicted octanol–water partition coefficient (Wildman–Crippen LogP) is 2.98. The number of carbonyl (C=O) groups excluding carboxylic acids is 2. The van der Waals surface area contributed by atoms with Gasteiger partial charge in [0.15, 0.2) is 0 Å². The molecule has 8 nitrogen and oxygen atoms in total. The zero-order valence-electron chi connectivity index (χ0n) is 19.5. The van der Waals surface area contributed by atoms with Crippen LogP contribution >= 0.6 is 11.6 Å². The number of halogens is 1. The van der Waals surface area contributed by atoms with Gasteiger partial charge < -0.3 is 15.0 Å². The smallest absolute Gasteiger partial charge is 0.244 e. The van der Waals surface area contributed by atoms with Gasteiger partial charge >= 0.3 is 0 Å². The van der Waals surface area contributed by atoms with Crippen molar-refractivity contribution in [3.8, 4) is 5.75 Å². The molecule has 0 saturated carbocycles. The normalized spacial score (nSPS) is 12.1. The summed E-state index contributed by atoms with van der Waals surface area (Å²) in [6, 6.07) is 11.1. The van der Waals surface area contributed by atoms with Crippen LogP contribution in [0.15, 0.2) is 42.5 Å². The molecule has 10 heteroatoms. The number of likely N-dealkylation sites (N-methyl/N-ethyl adjacent to an activating group) is 1. The number of hydrogen-bond acceptors (Lipinski definition) is 5. The second kappa shape index (κ2) is 11.4. The minimum absolute atomic E-state index is 0.118. The highest BCUT2D eigenvalue weighted by Gasteiger charge is 2.30. The van der Waals surface area contributed by atoms with E-state index in [0.717, 1.165) is 21.7 Å². The Labute approximate surface area is 200 Å². The Bertz CT molecular complexity index is 1090. The van der Waals surface area contributed by atoms with Gasteiger partial charge in [0.25, 0.3) is 0 Å². The van der Waals surface area contributed by atoms with Crippen molar-refractivity contribution >= 4 is 39.1 Å². The van der Waals surface area contributed by atoms with Crippen molar-refractivity contribution in [2.75, 3.05) is 30.8 Å². The molecule has 0 saturated heterocycles. The van der Waals surface area contributed by atoms with E-state index >= 15 is 0 Å². The van der Waals surface area contributed by atoms with Crippen LogP contribution in [0.4, 0.5) is 5.69 Å². The van der Waals surface area contributed by atoms with E-state index < -0.39 is 28.5 Å². The molecule has 2 amide bonds. The van der Waals surface area contributed by atoms with Crippen LogP contribution in [-0.4, -0.2) is 57.6 Å². The van der Waals surface area contributed by atoms with E-state index in [0.29, 0.717) is 17.3 Å². The molecule has 0 aliphatic heterocycles. The van der Waals surface area contributed by atoms with Gasteiger partial charge in [-0.05, 0) is 56.2 Å². The highest BCUT2D eigenvalue weighted by Crippen LogP contribution is 2.25. The standard InChI is InChI=1S/C23H30ClN3O5S/c1-6-25-23(29)17(3)26(14-18-8-11-20(32-4)12-9-18)22(28)15-27(33(5,30)31)19-10-7-16(2)21(24)13-19/h7-13,17H,6,14-15H2,1-5H3,(H,25,29). The molecule has 0 aliphatic rings. The molecule has 2 aromatic rings. The Morgan fingerprint density at radius 2 is 1.79 bits per heavy atom. The number of anilines is 1. The fourth-order valence-electron chi connectivity index (χ4n) is 3.18. The lowest BCUT2D eigenvalue weighted by Gasteiger charge is -2.31. The molecule has 1 unspecified atom stereocenters. The summed E-state index contributed by atoms with van der Waals surface area (Å²) >= 11 is 6.19. The molecular weight excluding hydrogens is 466 g/mol. The van der Waals surface area contributed by atoms with E-state index in [9.17, 15) is 18.0 Å². The second-order valence-corrected chi connectivity index (χ2v) is 9.96. The highest BCUT2D eigenvalue weighted by molar-refractivity contribution is 7.92. The maximum absolute atomic E-state index is 13.4.